The Kier molecular flexibility index (Phi) is 11.3. The molecule has 5 atom stereocenters. The van der Waals surface area contributed by atoms with Crippen molar-refractivity contribution in [1.82, 2.24) is 16.0 Å². The number of aliphatic carboxylic acids is 1. The summed E-state index contributed by atoms with van der Waals surface area (Å²) in [5.41, 5.74) is 5.86. The Morgan fingerprint density at radius 1 is 0.964 bits per heavy atom. The molecule has 0 spiro atoms. The lowest BCUT2D eigenvalue weighted by molar-refractivity contribution is -0.139. The second kappa shape index (κ2) is 12.3. The summed E-state index contributed by atoms with van der Waals surface area (Å²) in [7, 11) is 0. The van der Waals surface area contributed by atoms with Gasteiger partial charge in [-0.1, -0.05) is 34.1 Å². The van der Waals surface area contributed by atoms with Crippen molar-refractivity contribution in [3.63, 3.8) is 0 Å². The second-order valence-electron chi connectivity index (χ2n) is 7.44. The van der Waals surface area contributed by atoms with Crippen LogP contribution in [-0.2, 0) is 19.2 Å². The lowest BCUT2D eigenvalue weighted by atomic mass is 9.98. The fourth-order valence-electron chi connectivity index (χ4n) is 2.42. The molecule has 0 saturated heterocycles. The van der Waals surface area contributed by atoms with E-state index >= 15 is 0 Å². The lowest BCUT2D eigenvalue weighted by Crippen LogP contribution is -2.59. The van der Waals surface area contributed by atoms with Gasteiger partial charge in [-0.05, 0) is 25.2 Å². The Morgan fingerprint density at radius 2 is 1.54 bits per heavy atom. The number of carboxylic acid groups (broad SMARTS) is 1. The maximum absolute atomic E-state index is 12.6. The third-order valence-corrected chi connectivity index (χ3v) is 4.38. The van der Waals surface area contributed by atoms with Gasteiger partial charge >= 0.3 is 5.97 Å². The third-order valence-electron chi connectivity index (χ3n) is 4.38. The van der Waals surface area contributed by atoms with Gasteiger partial charge in [-0.25, -0.2) is 0 Å². The van der Waals surface area contributed by atoms with Crippen LogP contribution < -0.4 is 21.7 Å². The molecule has 0 saturated carbocycles. The zero-order valence-corrected chi connectivity index (χ0v) is 17.2. The van der Waals surface area contributed by atoms with Gasteiger partial charge in [0.05, 0.1) is 12.1 Å². The number of hydrogen-bond donors (Lipinski definition) is 6. The molecule has 10 heteroatoms. The zero-order valence-electron chi connectivity index (χ0n) is 17.2. The van der Waals surface area contributed by atoms with E-state index in [1.165, 1.54) is 6.92 Å². The van der Waals surface area contributed by atoms with Crippen LogP contribution in [-0.4, -0.2) is 64.7 Å². The van der Waals surface area contributed by atoms with E-state index in [4.69, 9.17) is 10.8 Å². The molecule has 0 aliphatic carbocycles. The summed E-state index contributed by atoms with van der Waals surface area (Å²) in [6.45, 7) is 8.10. The Labute approximate surface area is 165 Å². The van der Waals surface area contributed by atoms with Gasteiger partial charge in [0.1, 0.15) is 18.6 Å². The summed E-state index contributed by atoms with van der Waals surface area (Å²) in [6.07, 6.45) is -0.306. The Morgan fingerprint density at radius 3 is 1.96 bits per heavy atom. The fourth-order valence-corrected chi connectivity index (χ4v) is 2.42. The largest absolute Gasteiger partial charge is 0.480 e. The molecule has 0 rings (SSSR count). The number of carboxylic acids is 1. The number of carbonyl (C=O) groups excluding carboxylic acids is 3. The number of hydrogen-bond acceptors (Lipinski definition) is 6. The molecule has 28 heavy (non-hydrogen) atoms. The highest BCUT2D eigenvalue weighted by atomic mass is 16.4. The number of rotatable bonds is 12. The van der Waals surface area contributed by atoms with E-state index in [9.17, 15) is 24.3 Å². The highest BCUT2D eigenvalue weighted by Crippen LogP contribution is 2.08. The summed E-state index contributed by atoms with van der Waals surface area (Å²) in [4.78, 5) is 47.7. The molecule has 0 bridgehead atoms. The van der Waals surface area contributed by atoms with Crippen LogP contribution in [0.1, 0.15) is 47.5 Å². The standard InChI is InChI=1S/C18H34N4O6/c1-6-10(4)14(19)17(27)22-15(11(5)23)18(28)21-12(7-9(2)3)16(26)20-8-13(24)25/h9-12,14-15,23H,6-8,19H2,1-5H3,(H,20,26)(H,21,28)(H,22,27)(H,24,25). The van der Waals surface area contributed by atoms with Gasteiger partial charge in [0.25, 0.3) is 0 Å². The summed E-state index contributed by atoms with van der Waals surface area (Å²) in [5.74, 6) is -3.29. The van der Waals surface area contributed by atoms with Crippen LogP contribution in [0.25, 0.3) is 0 Å². The summed E-state index contributed by atoms with van der Waals surface area (Å²) in [5, 5.41) is 25.7. The van der Waals surface area contributed by atoms with Crippen molar-refractivity contribution in [3.05, 3.63) is 0 Å². The van der Waals surface area contributed by atoms with Crippen molar-refractivity contribution < 1.29 is 29.4 Å². The number of aliphatic hydroxyl groups is 1. The first-order chi connectivity index (χ1) is 12.9. The average molecular weight is 402 g/mol. The normalized spacial score (nSPS) is 16.4. The van der Waals surface area contributed by atoms with Gasteiger partial charge in [0.15, 0.2) is 0 Å². The number of nitrogens with one attached hydrogen (secondary N) is 3. The lowest BCUT2D eigenvalue weighted by Gasteiger charge is -2.27. The van der Waals surface area contributed by atoms with Crippen LogP contribution in [0, 0.1) is 11.8 Å². The van der Waals surface area contributed by atoms with Gasteiger partial charge in [0, 0.05) is 0 Å². The third kappa shape index (κ3) is 9.14. The molecule has 0 aromatic carbocycles. The maximum atomic E-state index is 12.6. The van der Waals surface area contributed by atoms with Gasteiger partial charge in [0.2, 0.25) is 17.7 Å². The molecule has 162 valence electrons. The first-order valence-electron chi connectivity index (χ1n) is 9.44. The van der Waals surface area contributed by atoms with E-state index in [0.717, 1.165) is 0 Å². The van der Waals surface area contributed by atoms with Crippen molar-refractivity contribution >= 4 is 23.7 Å². The van der Waals surface area contributed by atoms with E-state index in [0.29, 0.717) is 6.42 Å². The van der Waals surface area contributed by atoms with Gasteiger partial charge < -0.3 is 31.9 Å². The van der Waals surface area contributed by atoms with E-state index in [1.54, 1.807) is 6.92 Å². The molecule has 0 aromatic rings. The number of carbonyl (C=O) groups is 4. The SMILES string of the molecule is CCC(C)C(N)C(=O)NC(C(=O)NC(CC(C)C)C(=O)NCC(=O)O)C(C)O. The maximum Gasteiger partial charge on any atom is 0.322 e. The monoisotopic (exact) mass is 402 g/mol. The minimum absolute atomic E-state index is 0.0271. The molecule has 3 amide bonds. The van der Waals surface area contributed by atoms with E-state index in [-0.39, 0.29) is 18.3 Å². The number of nitrogens with two attached hydrogens (primary N) is 1. The van der Waals surface area contributed by atoms with E-state index in [2.05, 4.69) is 16.0 Å². The smallest absolute Gasteiger partial charge is 0.322 e. The highest BCUT2D eigenvalue weighted by Gasteiger charge is 2.32. The summed E-state index contributed by atoms with van der Waals surface area (Å²) in [6, 6.07) is -3.15. The summed E-state index contributed by atoms with van der Waals surface area (Å²) < 4.78 is 0. The van der Waals surface area contributed by atoms with Crippen molar-refractivity contribution in [2.24, 2.45) is 17.6 Å². The van der Waals surface area contributed by atoms with Crippen molar-refractivity contribution in [3.8, 4) is 0 Å². The molecule has 0 heterocycles. The fraction of sp³-hybridized carbons (Fsp3) is 0.778. The van der Waals surface area contributed by atoms with Crippen LogP contribution in [0.15, 0.2) is 0 Å². The molecule has 0 aliphatic rings. The minimum atomic E-state index is -1.30. The van der Waals surface area contributed by atoms with Crippen molar-refractivity contribution in [2.75, 3.05) is 6.54 Å². The van der Waals surface area contributed by atoms with Crippen molar-refractivity contribution in [1.29, 1.82) is 0 Å². The molecule has 10 nitrogen and oxygen atoms in total. The predicted octanol–water partition coefficient (Wildman–Crippen LogP) is -1.04. The quantitative estimate of drug-likeness (QED) is 0.242. The molecular weight excluding hydrogens is 368 g/mol. The number of amides is 3. The van der Waals surface area contributed by atoms with Crippen LogP contribution in [0.4, 0.5) is 0 Å². The Balaban J connectivity index is 5.20. The molecule has 0 fully saturated rings. The number of aliphatic hydroxyl groups excluding tert-OH is 1. The topological polar surface area (TPSA) is 171 Å². The van der Waals surface area contributed by atoms with E-state index < -0.39 is 54.5 Å². The van der Waals surface area contributed by atoms with Crippen LogP contribution in [0.5, 0.6) is 0 Å². The van der Waals surface area contributed by atoms with Gasteiger partial charge in [-0.3, -0.25) is 19.2 Å². The molecule has 0 aromatic heterocycles. The van der Waals surface area contributed by atoms with E-state index in [1.807, 2.05) is 20.8 Å². The molecular formula is C18H34N4O6. The van der Waals surface area contributed by atoms with Gasteiger partial charge in [-0.2, -0.15) is 0 Å². The van der Waals surface area contributed by atoms with Crippen LogP contribution in [0.3, 0.4) is 0 Å². The second-order valence-corrected chi connectivity index (χ2v) is 7.44. The minimum Gasteiger partial charge on any atom is -0.480 e. The van der Waals surface area contributed by atoms with Crippen LogP contribution >= 0.6 is 0 Å². The summed E-state index contributed by atoms with van der Waals surface area (Å²) >= 11 is 0. The average Bonchev–Trinajstić information content (AvgIpc) is 2.60. The Bertz CT molecular complexity index is 552. The molecule has 7 N–H and O–H groups in total. The zero-order chi connectivity index (χ0) is 22.0. The first-order valence-corrected chi connectivity index (χ1v) is 9.44. The molecule has 5 unspecified atom stereocenters. The van der Waals surface area contributed by atoms with Crippen molar-refractivity contribution in [2.45, 2.75) is 71.7 Å². The predicted molar refractivity (Wildman–Crippen MR) is 103 cm³/mol. The highest BCUT2D eigenvalue weighted by molar-refractivity contribution is 5.94. The molecule has 0 aliphatic heterocycles. The van der Waals surface area contributed by atoms with Gasteiger partial charge in [-0.15, -0.1) is 0 Å². The Hall–Kier alpha value is -2.20. The first kappa shape index (κ1) is 25.8. The molecule has 0 radical (unpaired) electrons. The van der Waals surface area contributed by atoms with Crippen LogP contribution in [0.2, 0.25) is 0 Å².